The van der Waals surface area contributed by atoms with Crippen LogP contribution < -0.4 is 15.0 Å². The van der Waals surface area contributed by atoms with E-state index < -0.39 is 12.0 Å². The minimum absolute atomic E-state index is 0.0691. The summed E-state index contributed by atoms with van der Waals surface area (Å²) in [7, 11) is 3.39. The van der Waals surface area contributed by atoms with Crippen LogP contribution in [-0.2, 0) is 4.79 Å². The van der Waals surface area contributed by atoms with Crippen LogP contribution in [0.5, 0.6) is 5.75 Å². The first-order valence-electron chi connectivity index (χ1n) is 12.1. The molecule has 4 rings (SSSR count). The summed E-state index contributed by atoms with van der Waals surface area (Å²) in [6, 6.07) is 24.9. The van der Waals surface area contributed by atoms with Crippen LogP contribution in [0.25, 0.3) is 0 Å². The van der Waals surface area contributed by atoms with Gasteiger partial charge in [-0.3, -0.25) is 9.59 Å². The van der Waals surface area contributed by atoms with Crippen molar-refractivity contribution >= 4 is 17.5 Å². The Balaban J connectivity index is 1.52. The number of rotatable bonds is 9. The van der Waals surface area contributed by atoms with Gasteiger partial charge in [0.25, 0.3) is 5.91 Å². The van der Waals surface area contributed by atoms with Gasteiger partial charge in [0.05, 0.1) is 19.1 Å². The molecule has 2 amide bonds. The third-order valence-corrected chi connectivity index (χ3v) is 6.73. The second-order valence-electron chi connectivity index (χ2n) is 8.76. The second-order valence-corrected chi connectivity index (χ2v) is 8.76. The lowest BCUT2D eigenvalue weighted by Crippen LogP contribution is -2.46. The first kappa shape index (κ1) is 24.3. The zero-order valence-electron chi connectivity index (χ0n) is 20.6. The molecular formula is C29H33N3O3. The molecule has 1 N–H and O–H groups in total. The van der Waals surface area contributed by atoms with Crippen molar-refractivity contribution in [1.82, 2.24) is 10.2 Å². The number of hydrogen-bond acceptors (Lipinski definition) is 4. The zero-order chi connectivity index (χ0) is 24.8. The number of fused-ring (bicyclic) bond motifs is 1. The fraction of sp³-hybridized carbons (Fsp3) is 0.310. The van der Waals surface area contributed by atoms with Crippen molar-refractivity contribution in [3.05, 3.63) is 95.6 Å². The number of amides is 2. The maximum absolute atomic E-state index is 13.6. The van der Waals surface area contributed by atoms with Crippen LogP contribution in [0.4, 0.5) is 5.69 Å². The number of hydrogen-bond donors (Lipinski definition) is 1. The summed E-state index contributed by atoms with van der Waals surface area (Å²) in [5, 5.41) is 3.15. The minimum atomic E-state index is -0.501. The lowest BCUT2D eigenvalue weighted by atomic mass is 9.79. The van der Waals surface area contributed by atoms with Crippen molar-refractivity contribution in [3.8, 4) is 5.75 Å². The molecule has 0 aromatic heterocycles. The number of methoxy groups -OCH3 is 1. The molecule has 6 heteroatoms. The second kappa shape index (κ2) is 11.1. The molecule has 182 valence electrons. The summed E-state index contributed by atoms with van der Waals surface area (Å²) in [5.74, 6) is 0.0878. The molecular weight excluding hydrogens is 438 g/mol. The quantitative estimate of drug-likeness (QED) is 0.462. The molecule has 1 aliphatic heterocycles. The molecule has 0 spiro atoms. The highest BCUT2D eigenvalue weighted by atomic mass is 16.5. The Morgan fingerprint density at radius 3 is 2.37 bits per heavy atom. The average Bonchev–Trinajstić information content (AvgIpc) is 2.91. The molecule has 2 atom stereocenters. The van der Waals surface area contributed by atoms with E-state index in [1.165, 1.54) is 5.69 Å². The molecule has 0 saturated carbocycles. The van der Waals surface area contributed by atoms with Crippen molar-refractivity contribution in [2.75, 3.05) is 38.7 Å². The van der Waals surface area contributed by atoms with Crippen molar-refractivity contribution in [2.45, 2.75) is 25.3 Å². The molecule has 3 aromatic rings. The van der Waals surface area contributed by atoms with Crippen LogP contribution in [0.15, 0.2) is 78.9 Å². The number of likely N-dealkylation sites (N-methyl/N-ethyl adjacent to an activating group) is 1. The van der Waals surface area contributed by atoms with Gasteiger partial charge in [-0.25, -0.2) is 0 Å². The van der Waals surface area contributed by atoms with Crippen LogP contribution in [0.2, 0.25) is 0 Å². The molecule has 6 nitrogen and oxygen atoms in total. The molecule has 35 heavy (non-hydrogen) atoms. The summed E-state index contributed by atoms with van der Waals surface area (Å²) < 4.78 is 5.30. The maximum atomic E-state index is 13.6. The Morgan fingerprint density at radius 1 is 1.00 bits per heavy atom. The van der Waals surface area contributed by atoms with E-state index in [0.29, 0.717) is 12.1 Å². The Kier molecular flexibility index (Phi) is 7.70. The number of nitrogens with one attached hydrogen (secondary N) is 1. The van der Waals surface area contributed by atoms with Crippen molar-refractivity contribution < 1.29 is 14.3 Å². The summed E-state index contributed by atoms with van der Waals surface area (Å²) >= 11 is 0. The molecule has 1 heterocycles. The van der Waals surface area contributed by atoms with E-state index in [9.17, 15) is 9.59 Å². The summed E-state index contributed by atoms with van der Waals surface area (Å²) in [5.41, 5.74) is 3.44. The van der Waals surface area contributed by atoms with E-state index in [1.54, 1.807) is 25.1 Å². The van der Waals surface area contributed by atoms with E-state index in [-0.39, 0.29) is 11.8 Å². The van der Waals surface area contributed by atoms with Gasteiger partial charge in [-0.15, -0.1) is 0 Å². The number of anilines is 1. The Labute approximate surface area is 207 Å². The minimum Gasteiger partial charge on any atom is -0.497 e. The third kappa shape index (κ3) is 5.16. The van der Waals surface area contributed by atoms with Crippen LogP contribution >= 0.6 is 0 Å². The van der Waals surface area contributed by atoms with Gasteiger partial charge in [0, 0.05) is 37.9 Å². The fourth-order valence-corrected chi connectivity index (χ4v) is 4.87. The van der Waals surface area contributed by atoms with Crippen molar-refractivity contribution in [3.63, 3.8) is 0 Å². The Hall–Kier alpha value is -3.80. The lowest BCUT2D eigenvalue weighted by molar-refractivity contribution is -0.124. The fourth-order valence-electron chi connectivity index (χ4n) is 4.87. The molecule has 0 fully saturated rings. The van der Waals surface area contributed by atoms with Gasteiger partial charge in [0.1, 0.15) is 5.75 Å². The number of nitrogens with zero attached hydrogens (tertiary/aromatic N) is 2. The Bertz CT molecular complexity index is 1150. The normalized spacial score (nSPS) is 17.0. The topological polar surface area (TPSA) is 61.9 Å². The van der Waals surface area contributed by atoms with Gasteiger partial charge in [-0.1, -0.05) is 48.5 Å². The third-order valence-electron chi connectivity index (χ3n) is 6.73. The van der Waals surface area contributed by atoms with E-state index >= 15 is 0 Å². The SMILES string of the molecule is CCN(CCCNC(=O)[C@H]1c2ccccc2C(=O)N(C)[C@@H]1c1ccc(OC)cc1)c1ccccc1. The van der Waals surface area contributed by atoms with Gasteiger partial charge < -0.3 is 19.9 Å². The number of carbonyl (C=O) groups excluding carboxylic acids is 2. The number of ether oxygens (including phenoxy) is 1. The van der Waals surface area contributed by atoms with Gasteiger partial charge in [-0.05, 0) is 54.8 Å². The largest absolute Gasteiger partial charge is 0.497 e. The first-order chi connectivity index (χ1) is 17.0. The maximum Gasteiger partial charge on any atom is 0.254 e. The highest BCUT2D eigenvalue weighted by Gasteiger charge is 2.42. The molecule has 3 aromatic carbocycles. The van der Waals surface area contributed by atoms with Crippen LogP contribution in [0.3, 0.4) is 0 Å². The lowest BCUT2D eigenvalue weighted by Gasteiger charge is -2.39. The van der Waals surface area contributed by atoms with Gasteiger partial charge in [0.2, 0.25) is 5.91 Å². The molecule has 1 aliphatic rings. The van der Waals surface area contributed by atoms with Crippen LogP contribution in [0.1, 0.15) is 46.8 Å². The van der Waals surface area contributed by atoms with E-state index in [1.807, 2.05) is 60.7 Å². The van der Waals surface area contributed by atoms with Crippen molar-refractivity contribution in [2.24, 2.45) is 0 Å². The molecule has 0 saturated heterocycles. The van der Waals surface area contributed by atoms with E-state index in [0.717, 1.165) is 36.4 Å². The molecule has 0 aliphatic carbocycles. The number of para-hydroxylation sites is 1. The zero-order valence-corrected chi connectivity index (χ0v) is 20.6. The van der Waals surface area contributed by atoms with E-state index in [2.05, 4.69) is 29.3 Å². The first-order valence-corrected chi connectivity index (χ1v) is 12.1. The van der Waals surface area contributed by atoms with Crippen molar-refractivity contribution in [1.29, 1.82) is 0 Å². The number of carbonyl (C=O) groups is 2. The van der Waals surface area contributed by atoms with Crippen LogP contribution in [0, 0.1) is 0 Å². The Morgan fingerprint density at radius 2 is 1.69 bits per heavy atom. The molecule has 0 radical (unpaired) electrons. The van der Waals surface area contributed by atoms with Gasteiger partial charge in [0.15, 0.2) is 0 Å². The summed E-state index contributed by atoms with van der Waals surface area (Å²) in [6.07, 6.45) is 0.824. The summed E-state index contributed by atoms with van der Waals surface area (Å²) in [6.45, 7) is 4.45. The predicted molar refractivity (Wildman–Crippen MR) is 139 cm³/mol. The average molecular weight is 472 g/mol. The molecule has 0 unspecified atom stereocenters. The highest BCUT2D eigenvalue weighted by molar-refractivity contribution is 6.01. The monoisotopic (exact) mass is 471 g/mol. The smallest absolute Gasteiger partial charge is 0.254 e. The standard InChI is InChI=1S/C29H33N3O3/c1-4-32(22-11-6-5-7-12-22)20-10-19-30-28(33)26-24-13-8-9-14-25(24)29(34)31(2)27(26)21-15-17-23(35-3)18-16-21/h5-9,11-18,26-27H,4,10,19-20H2,1-3H3,(H,30,33)/t26-,27+/m0/s1. The summed E-state index contributed by atoms with van der Waals surface area (Å²) in [4.78, 5) is 30.8. The van der Waals surface area contributed by atoms with Gasteiger partial charge >= 0.3 is 0 Å². The number of benzene rings is 3. The van der Waals surface area contributed by atoms with E-state index in [4.69, 9.17) is 4.74 Å². The highest BCUT2D eigenvalue weighted by Crippen LogP contribution is 2.42. The van der Waals surface area contributed by atoms with Crippen LogP contribution in [-0.4, -0.2) is 50.5 Å². The van der Waals surface area contributed by atoms with Gasteiger partial charge in [-0.2, -0.15) is 0 Å². The predicted octanol–water partition coefficient (Wildman–Crippen LogP) is 4.64. The molecule has 0 bridgehead atoms.